The number of rotatable bonds is 7. The largest absolute Gasteiger partial charge is 0.352 e. The molecule has 7 nitrogen and oxygen atoms in total. The summed E-state index contributed by atoms with van der Waals surface area (Å²) in [6.07, 6.45) is 1.35. The lowest BCUT2D eigenvalue weighted by Gasteiger charge is -2.21. The van der Waals surface area contributed by atoms with Crippen LogP contribution in [0.2, 0.25) is 0 Å². The van der Waals surface area contributed by atoms with Gasteiger partial charge in [-0.25, -0.2) is 0 Å². The van der Waals surface area contributed by atoms with E-state index in [2.05, 4.69) is 26.3 Å². The van der Waals surface area contributed by atoms with Gasteiger partial charge in [-0.1, -0.05) is 19.1 Å². The molecule has 0 saturated carbocycles. The van der Waals surface area contributed by atoms with E-state index in [9.17, 15) is 9.59 Å². The van der Waals surface area contributed by atoms with Crippen molar-refractivity contribution >= 4 is 23.5 Å². The zero-order valence-electron chi connectivity index (χ0n) is 16.4. The summed E-state index contributed by atoms with van der Waals surface area (Å²) in [6.45, 7) is 8.50. The van der Waals surface area contributed by atoms with Gasteiger partial charge >= 0.3 is 0 Å². The number of benzene rings is 1. The van der Waals surface area contributed by atoms with E-state index in [4.69, 9.17) is 0 Å². The summed E-state index contributed by atoms with van der Waals surface area (Å²) in [4.78, 5) is 27.5. The number of hydrogen-bond donors (Lipinski definition) is 4. The van der Waals surface area contributed by atoms with Crippen molar-refractivity contribution < 1.29 is 9.59 Å². The molecule has 0 bridgehead atoms. The maximum Gasteiger partial charge on any atom is 0.239 e. The summed E-state index contributed by atoms with van der Waals surface area (Å²) in [5.74, 6) is 0.485. The van der Waals surface area contributed by atoms with Gasteiger partial charge in [0.25, 0.3) is 0 Å². The van der Waals surface area contributed by atoms with Crippen molar-refractivity contribution in [2.45, 2.75) is 52.6 Å². The Hall–Kier alpha value is -2.57. The van der Waals surface area contributed by atoms with Crippen LogP contribution < -0.4 is 21.3 Å². The molecule has 0 aromatic heterocycles. The lowest BCUT2D eigenvalue weighted by molar-refractivity contribution is -0.121. The second kappa shape index (κ2) is 10.4. The number of anilines is 1. The molecular formula is C19H31N5O2. The van der Waals surface area contributed by atoms with E-state index in [1.54, 1.807) is 7.05 Å². The lowest BCUT2D eigenvalue weighted by atomic mass is 10.1. The molecule has 0 radical (unpaired) electrons. The number of amides is 2. The fraction of sp³-hybridized carbons (Fsp3) is 0.526. The van der Waals surface area contributed by atoms with Crippen molar-refractivity contribution in [3.05, 3.63) is 29.8 Å². The van der Waals surface area contributed by atoms with Crippen LogP contribution in [0.4, 0.5) is 5.69 Å². The van der Waals surface area contributed by atoms with Gasteiger partial charge < -0.3 is 21.3 Å². The number of hydrogen-bond acceptors (Lipinski definition) is 3. The minimum Gasteiger partial charge on any atom is -0.352 e. The molecule has 0 fully saturated rings. The van der Waals surface area contributed by atoms with Crippen LogP contribution in [0.25, 0.3) is 0 Å². The monoisotopic (exact) mass is 361 g/mol. The first-order valence-corrected chi connectivity index (χ1v) is 8.88. The molecule has 0 unspecified atom stereocenters. The third kappa shape index (κ3) is 9.05. The number of aliphatic imine (C=N–C) groups is 1. The number of carbonyl (C=O) groups excluding carboxylic acids is 2. The molecule has 1 aromatic carbocycles. The maximum absolute atomic E-state index is 11.8. The summed E-state index contributed by atoms with van der Waals surface area (Å²) in [5, 5.41) is 11.9. The Morgan fingerprint density at radius 3 is 2.23 bits per heavy atom. The van der Waals surface area contributed by atoms with Gasteiger partial charge in [-0.15, -0.1) is 0 Å². The Labute approximate surface area is 156 Å². The minimum absolute atomic E-state index is 0.0245. The Morgan fingerprint density at radius 2 is 1.69 bits per heavy atom. The Bertz CT molecular complexity index is 618. The van der Waals surface area contributed by atoms with Crippen molar-refractivity contribution in [2.75, 3.05) is 18.9 Å². The highest BCUT2D eigenvalue weighted by molar-refractivity contribution is 5.90. The molecule has 2 amide bonds. The van der Waals surface area contributed by atoms with Crippen LogP contribution in [-0.2, 0) is 16.1 Å². The van der Waals surface area contributed by atoms with Gasteiger partial charge in [0, 0.05) is 31.2 Å². The molecule has 0 spiro atoms. The quantitative estimate of drug-likeness (QED) is 0.441. The Kier molecular flexibility index (Phi) is 8.61. The Balaban J connectivity index is 2.44. The van der Waals surface area contributed by atoms with Gasteiger partial charge in [-0.3, -0.25) is 14.6 Å². The predicted octanol–water partition coefficient (Wildman–Crippen LogP) is 2.00. The van der Waals surface area contributed by atoms with Crippen LogP contribution in [0.5, 0.6) is 0 Å². The molecule has 0 aliphatic carbocycles. The highest BCUT2D eigenvalue weighted by Crippen LogP contribution is 2.10. The van der Waals surface area contributed by atoms with Gasteiger partial charge in [0.1, 0.15) is 0 Å². The molecule has 0 aliphatic rings. The van der Waals surface area contributed by atoms with Gasteiger partial charge in [0.15, 0.2) is 5.96 Å². The summed E-state index contributed by atoms with van der Waals surface area (Å²) in [7, 11) is 1.66. The van der Waals surface area contributed by atoms with E-state index in [1.807, 2.05) is 52.0 Å². The SMILES string of the molecule is CCCC(=O)Nc1ccc(CNC(=NC)NCC(=O)NC(C)(C)C)cc1. The Morgan fingerprint density at radius 1 is 1.04 bits per heavy atom. The zero-order chi connectivity index (χ0) is 19.6. The average Bonchev–Trinajstić information content (AvgIpc) is 2.55. The topological polar surface area (TPSA) is 94.6 Å². The summed E-state index contributed by atoms with van der Waals surface area (Å²) >= 11 is 0. The van der Waals surface area contributed by atoms with Gasteiger partial charge in [0.2, 0.25) is 11.8 Å². The molecule has 7 heteroatoms. The van der Waals surface area contributed by atoms with Crippen molar-refractivity contribution in [1.29, 1.82) is 0 Å². The molecular weight excluding hydrogens is 330 g/mol. The fourth-order valence-electron chi connectivity index (χ4n) is 2.19. The van der Waals surface area contributed by atoms with Crippen LogP contribution in [0.1, 0.15) is 46.1 Å². The normalized spacial score (nSPS) is 11.7. The van der Waals surface area contributed by atoms with Crippen LogP contribution in [-0.4, -0.2) is 36.9 Å². The first kappa shape index (κ1) is 21.5. The minimum atomic E-state index is -0.260. The molecule has 1 rings (SSSR count). The van der Waals surface area contributed by atoms with Crippen LogP contribution in [0, 0.1) is 0 Å². The third-order valence-corrected chi connectivity index (χ3v) is 3.33. The highest BCUT2D eigenvalue weighted by Gasteiger charge is 2.13. The first-order chi connectivity index (χ1) is 12.2. The summed E-state index contributed by atoms with van der Waals surface area (Å²) < 4.78 is 0. The number of carbonyl (C=O) groups is 2. The van der Waals surface area contributed by atoms with Crippen molar-refractivity contribution in [1.82, 2.24) is 16.0 Å². The van der Waals surface area contributed by atoms with Crippen molar-refractivity contribution in [3.8, 4) is 0 Å². The van der Waals surface area contributed by atoms with Crippen molar-refractivity contribution in [3.63, 3.8) is 0 Å². The number of nitrogens with one attached hydrogen (secondary N) is 4. The fourth-order valence-corrected chi connectivity index (χ4v) is 2.19. The van der Waals surface area contributed by atoms with E-state index < -0.39 is 0 Å². The molecule has 0 aliphatic heterocycles. The number of guanidine groups is 1. The highest BCUT2D eigenvalue weighted by atomic mass is 16.2. The molecule has 26 heavy (non-hydrogen) atoms. The summed E-state index contributed by atoms with van der Waals surface area (Å²) in [5.41, 5.74) is 1.57. The molecule has 144 valence electrons. The second-order valence-corrected chi connectivity index (χ2v) is 7.07. The van der Waals surface area contributed by atoms with E-state index >= 15 is 0 Å². The molecule has 0 atom stereocenters. The number of nitrogens with zero attached hydrogens (tertiary/aromatic N) is 1. The van der Waals surface area contributed by atoms with Crippen molar-refractivity contribution in [2.24, 2.45) is 4.99 Å². The maximum atomic E-state index is 11.8. The van der Waals surface area contributed by atoms with E-state index in [1.165, 1.54) is 0 Å². The average molecular weight is 361 g/mol. The zero-order valence-corrected chi connectivity index (χ0v) is 16.4. The molecule has 1 aromatic rings. The molecule has 0 saturated heterocycles. The first-order valence-electron chi connectivity index (χ1n) is 8.88. The second-order valence-electron chi connectivity index (χ2n) is 7.07. The van der Waals surface area contributed by atoms with Crippen LogP contribution in [0.15, 0.2) is 29.3 Å². The van der Waals surface area contributed by atoms with Crippen LogP contribution in [0.3, 0.4) is 0 Å². The van der Waals surface area contributed by atoms with E-state index in [-0.39, 0.29) is 23.9 Å². The van der Waals surface area contributed by atoms with Crippen LogP contribution >= 0.6 is 0 Å². The predicted molar refractivity (Wildman–Crippen MR) is 106 cm³/mol. The smallest absolute Gasteiger partial charge is 0.239 e. The third-order valence-electron chi connectivity index (χ3n) is 3.33. The summed E-state index contributed by atoms with van der Waals surface area (Å²) in [6, 6.07) is 7.62. The standard InChI is InChI=1S/C19H31N5O2/c1-6-7-16(25)23-15-10-8-14(9-11-15)12-21-18(20-5)22-13-17(26)24-19(2,3)4/h8-11H,6-7,12-13H2,1-5H3,(H,23,25)(H,24,26)(H2,20,21,22). The van der Waals surface area contributed by atoms with Gasteiger partial charge in [0.05, 0.1) is 6.54 Å². The van der Waals surface area contributed by atoms with E-state index in [0.29, 0.717) is 18.9 Å². The molecule has 4 N–H and O–H groups in total. The molecule has 0 heterocycles. The van der Waals surface area contributed by atoms with E-state index in [0.717, 1.165) is 17.7 Å². The van der Waals surface area contributed by atoms with Gasteiger partial charge in [-0.2, -0.15) is 0 Å². The van der Waals surface area contributed by atoms with Gasteiger partial charge in [-0.05, 0) is 44.9 Å². The lowest BCUT2D eigenvalue weighted by Crippen LogP contribution is -2.48.